The molecule has 2 heterocycles. The van der Waals surface area contributed by atoms with Gasteiger partial charge in [-0.2, -0.15) is 5.10 Å². The number of carbonyl (C=O) groups excluding carboxylic acids is 1. The number of carbonyl (C=O) groups is 2. The predicted molar refractivity (Wildman–Crippen MR) is 93.0 cm³/mol. The van der Waals surface area contributed by atoms with E-state index in [0.717, 1.165) is 12.1 Å². The number of hydrogen-bond donors (Lipinski definition) is 1. The normalized spacial score (nSPS) is 18.3. The molecule has 1 aliphatic carbocycles. The van der Waals surface area contributed by atoms with Gasteiger partial charge in [0, 0.05) is 25.1 Å². The minimum atomic E-state index is -1.03. The molecule has 0 aliphatic heterocycles. The molecule has 3 aromatic rings. The minimum Gasteiger partial charge on any atom is -0.478 e. The van der Waals surface area contributed by atoms with Crippen molar-refractivity contribution in [1.29, 1.82) is 0 Å². The number of aryl methyl sites for hydroxylation is 1. The van der Waals surface area contributed by atoms with Gasteiger partial charge >= 0.3 is 11.9 Å². The van der Waals surface area contributed by atoms with Gasteiger partial charge in [0.15, 0.2) is 0 Å². The molecule has 9 nitrogen and oxygen atoms in total. The summed E-state index contributed by atoms with van der Waals surface area (Å²) in [7, 11) is 3.12. The maximum absolute atomic E-state index is 12.2. The standard InChI is InChI=1S/C18H17N5O4/c1-22-9-15(20-21-22)12-7-13(12)16-14(18(26)27-2)8-19-23(16)11-5-3-4-10(6-11)17(24)25/h3-6,8-9,12-13H,7H2,1-2H3,(H,24,25). The van der Waals surface area contributed by atoms with E-state index >= 15 is 0 Å². The smallest absolute Gasteiger partial charge is 0.341 e. The van der Waals surface area contributed by atoms with Crippen molar-refractivity contribution in [1.82, 2.24) is 24.8 Å². The number of carboxylic acid groups (broad SMARTS) is 1. The van der Waals surface area contributed by atoms with Crippen molar-refractivity contribution in [3.05, 3.63) is 59.2 Å². The molecule has 1 fully saturated rings. The zero-order valence-corrected chi connectivity index (χ0v) is 14.7. The van der Waals surface area contributed by atoms with Crippen molar-refractivity contribution >= 4 is 11.9 Å². The van der Waals surface area contributed by atoms with Crippen molar-refractivity contribution in [3.63, 3.8) is 0 Å². The fraction of sp³-hybridized carbons (Fsp3) is 0.278. The first kappa shape index (κ1) is 17.0. The third-order valence-corrected chi connectivity index (χ3v) is 4.69. The molecule has 0 spiro atoms. The average Bonchev–Trinajstić information content (AvgIpc) is 3.12. The lowest BCUT2D eigenvalue weighted by molar-refractivity contribution is 0.0598. The number of methoxy groups -OCH3 is 1. The second-order valence-electron chi connectivity index (χ2n) is 6.47. The zero-order valence-electron chi connectivity index (χ0n) is 14.7. The first-order valence-electron chi connectivity index (χ1n) is 8.35. The molecular weight excluding hydrogens is 350 g/mol. The summed E-state index contributed by atoms with van der Waals surface area (Å²) in [6.07, 6.45) is 4.11. The number of benzene rings is 1. The van der Waals surface area contributed by atoms with E-state index in [0.29, 0.717) is 16.9 Å². The molecule has 27 heavy (non-hydrogen) atoms. The first-order valence-corrected chi connectivity index (χ1v) is 8.35. The van der Waals surface area contributed by atoms with Crippen LogP contribution >= 0.6 is 0 Å². The Hall–Kier alpha value is -3.49. The van der Waals surface area contributed by atoms with Crippen LogP contribution in [0, 0.1) is 0 Å². The molecule has 0 radical (unpaired) electrons. The molecular formula is C18H17N5O4. The average molecular weight is 367 g/mol. The van der Waals surface area contributed by atoms with Crippen molar-refractivity contribution in [2.24, 2.45) is 7.05 Å². The Morgan fingerprint density at radius 3 is 2.78 bits per heavy atom. The number of ether oxygens (including phenoxy) is 1. The molecule has 4 rings (SSSR count). The van der Waals surface area contributed by atoms with Gasteiger partial charge in [-0.15, -0.1) is 5.10 Å². The molecule has 0 saturated heterocycles. The van der Waals surface area contributed by atoms with Crippen LogP contribution in [0.5, 0.6) is 0 Å². The van der Waals surface area contributed by atoms with E-state index in [1.807, 2.05) is 6.20 Å². The zero-order chi connectivity index (χ0) is 19.1. The third-order valence-electron chi connectivity index (χ3n) is 4.69. The van der Waals surface area contributed by atoms with Crippen LogP contribution in [0.1, 0.15) is 50.4 Å². The Labute approximate surface area is 154 Å². The summed E-state index contributed by atoms with van der Waals surface area (Å²) in [4.78, 5) is 23.5. The Bertz CT molecular complexity index is 1040. The summed E-state index contributed by atoms with van der Waals surface area (Å²) in [5, 5.41) is 21.7. The number of esters is 1. The van der Waals surface area contributed by atoms with Gasteiger partial charge in [0.1, 0.15) is 5.56 Å². The van der Waals surface area contributed by atoms with Crippen molar-refractivity contribution in [3.8, 4) is 5.69 Å². The van der Waals surface area contributed by atoms with Gasteiger partial charge in [-0.25, -0.2) is 14.3 Å². The lowest BCUT2D eigenvalue weighted by Gasteiger charge is -2.09. The van der Waals surface area contributed by atoms with Crippen LogP contribution in [0.4, 0.5) is 0 Å². The van der Waals surface area contributed by atoms with Crippen LogP contribution in [0.2, 0.25) is 0 Å². The molecule has 2 aromatic heterocycles. The van der Waals surface area contributed by atoms with Crippen LogP contribution in [0.3, 0.4) is 0 Å². The largest absolute Gasteiger partial charge is 0.478 e. The van der Waals surface area contributed by atoms with Crippen LogP contribution in [-0.2, 0) is 11.8 Å². The number of nitrogens with zero attached hydrogens (tertiary/aromatic N) is 5. The fourth-order valence-corrected chi connectivity index (χ4v) is 3.32. The van der Waals surface area contributed by atoms with Crippen LogP contribution in [0.25, 0.3) is 5.69 Å². The van der Waals surface area contributed by atoms with Gasteiger partial charge < -0.3 is 9.84 Å². The van der Waals surface area contributed by atoms with Gasteiger partial charge in [-0.05, 0) is 24.6 Å². The van der Waals surface area contributed by atoms with Crippen molar-refractivity contribution < 1.29 is 19.4 Å². The van der Waals surface area contributed by atoms with E-state index in [1.54, 1.807) is 28.5 Å². The molecule has 2 unspecified atom stereocenters. The molecule has 138 valence electrons. The van der Waals surface area contributed by atoms with Crippen molar-refractivity contribution in [2.45, 2.75) is 18.3 Å². The van der Waals surface area contributed by atoms with Crippen molar-refractivity contribution in [2.75, 3.05) is 7.11 Å². The van der Waals surface area contributed by atoms with Crippen LogP contribution in [0.15, 0.2) is 36.7 Å². The minimum absolute atomic E-state index is 0.0202. The van der Waals surface area contributed by atoms with Gasteiger partial charge in [-0.3, -0.25) is 4.68 Å². The fourth-order valence-electron chi connectivity index (χ4n) is 3.32. The summed E-state index contributed by atoms with van der Waals surface area (Å²) in [5.74, 6) is -1.36. The molecule has 0 amide bonds. The van der Waals surface area contributed by atoms with Crippen LogP contribution in [-0.4, -0.2) is 48.9 Å². The summed E-state index contributed by atoms with van der Waals surface area (Å²) < 4.78 is 8.14. The highest BCUT2D eigenvalue weighted by molar-refractivity contribution is 5.91. The second kappa shape index (κ2) is 6.35. The Morgan fingerprint density at radius 1 is 1.30 bits per heavy atom. The number of carboxylic acids is 1. The number of rotatable bonds is 5. The van der Waals surface area contributed by atoms with Gasteiger partial charge in [0.05, 0.1) is 35.9 Å². The first-order chi connectivity index (χ1) is 13.0. The molecule has 9 heteroatoms. The number of hydrogen-bond acceptors (Lipinski definition) is 6. The summed E-state index contributed by atoms with van der Waals surface area (Å²) in [5.41, 5.74) is 2.64. The van der Waals surface area contributed by atoms with Gasteiger partial charge in [-0.1, -0.05) is 11.3 Å². The molecule has 1 aliphatic rings. The highest BCUT2D eigenvalue weighted by Gasteiger charge is 2.46. The van der Waals surface area contributed by atoms with E-state index in [2.05, 4.69) is 15.4 Å². The van der Waals surface area contributed by atoms with E-state index in [9.17, 15) is 14.7 Å². The monoisotopic (exact) mass is 367 g/mol. The lowest BCUT2D eigenvalue weighted by Crippen LogP contribution is -2.09. The SMILES string of the molecule is COC(=O)c1cnn(-c2cccc(C(=O)O)c2)c1C1CC1c1cn(C)nn1. The van der Waals surface area contributed by atoms with E-state index in [4.69, 9.17) is 4.74 Å². The summed E-state index contributed by atoms with van der Waals surface area (Å²) in [6.45, 7) is 0. The van der Waals surface area contributed by atoms with E-state index in [-0.39, 0.29) is 17.4 Å². The van der Waals surface area contributed by atoms with Gasteiger partial charge in [0.2, 0.25) is 0 Å². The quantitative estimate of drug-likeness (QED) is 0.684. The summed E-state index contributed by atoms with van der Waals surface area (Å²) in [6, 6.07) is 6.44. The molecule has 1 aromatic carbocycles. The molecule has 0 bridgehead atoms. The lowest BCUT2D eigenvalue weighted by atomic mass is 10.1. The molecule has 1 saturated carbocycles. The molecule has 1 N–H and O–H groups in total. The van der Waals surface area contributed by atoms with E-state index < -0.39 is 11.9 Å². The third kappa shape index (κ3) is 2.97. The topological polar surface area (TPSA) is 112 Å². The van der Waals surface area contributed by atoms with Crippen LogP contribution < -0.4 is 0 Å². The number of aromatic carboxylic acids is 1. The predicted octanol–water partition coefficient (Wildman–Crippen LogP) is 1.76. The highest BCUT2D eigenvalue weighted by atomic mass is 16.5. The Morgan fingerprint density at radius 2 is 2.11 bits per heavy atom. The maximum atomic E-state index is 12.2. The molecule has 2 atom stereocenters. The highest BCUT2D eigenvalue weighted by Crippen LogP contribution is 2.55. The second-order valence-corrected chi connectivity index (χ2v) is 6.47. The van der Waals surface area contributed by atoms with Gasteiger partial charge in [0.25, 0.3) is 0 Å². The van der Waals surface area contributed by atoms with E-state index in [1.165, 1.54) is 25.4 Å². The Balaban J connectivity index is 1.78. The summed E-state index contributed by atoms with van der Waals surface area (Å²) >= 11 is 0. The number of aromatic nitrogens is 5. The Kier molecular flexibility index (Phi) is 3.98. The maximum Gasteiger partial charge on any atom is 0.341 e.